The van der Waals surface area contributed by atoms with Crippen LogP contribution in [0.2, 0.25) is 0 Å². The number of nitrogens with one attached hydrogen (secondary N) is 1. The van der Waals surface area contributed by atoms with Gasteiger partial charge in [0.15, 0.2) is 5.96 Å². The number of pyridine rings is 1. The molecule has 1 unspecified atom stereocenters. The molecule has 27 heavy (non-hydrogen) atoms. The topological polar surface area (TPSA) is 68.2 Å². The van der Waals surface area contributed by atoms with Crippen LogP contribution in [0.25, 0.3) is 0 Å². The summed E-state index contributed by atoms with van der Waals surface area (Å²) in [5.74, 6) is 2.15. The van der Waals surface area contributed by atoms with E-state index in [1.807, 2.05) is 32.2 Å². The summed E-state index contributed by atoms with van der Waals surface area (Å²) in [4.78, 5) is 11.5. The Bertz CT molecular complexity index is 563. The van der Waals surface area contributed by atoms with E-state index in [4.69, 9.17) is 19.2 Å². The minimum absolute atomic E-state index is 0.128. The number of ether oxygens (including phenoxy) is 3. The Labute approximate surface area is 163 Å². The summed E-state index contributed by atoms with van der Waals surface area (Å²) in [6, 6.07) is 3.93. The minimum Gasteiger partial charge on any atom is -0.475 e. The van der Waals surface area contributed by atoms with Crippen LogP contribution >= 0.6 is 0 Å². The summed E-state index contributed by atoms with van der Waals surface area (Å²) in [5, 5.41) is 3.40. The fraction of sp³-hybridized carbons (Fsp3) is 0.700. The largest absolute Gasteiger partial charge is 0.475 e. The van der Waals surface area contributed by atoms with E-state index < -0.39 is 0 Å². The number of aromatic nitrogens is 1. The third kappa shape index (κ3) is 7.72. The van der Waals surface area contributed by atoms with E-state index in [0.717, 1.165) is 44.2 Å². The molecule has 0 aromatic carbocycles. The van der Waals surface area contributed by atoms with Crippen LogP contribution in [0.5, 0.6) is 5.88 Å². The van der Waals surface area contributed by atoms with Crippen molar-refractivity contribution in [2.75, 3.05) is 46.6 Å². The van der Waals surface area contributed by atoms with Crippen LogP contribution in [0.15, 0.2) is 23.3 Å². The molecular formula is C20H34N4O3. The lowest BCUT2D eigenvalue weighted by Gasteiger charge is -2.21. The highest BCUT2D eigenvalue weighted by molar-refractivity contribution is 5.80. The second kappa shape index (κ2) is 11.8. The first-order chi connectivity index (χ1) is 13.1. The highest BCUT2D eigenvalue weighted by Crippen LogP contribution is 2.17. The Morgan fingerprint density at radius 1 is 1.37 bits per heavy atom. The molecule has 7 heteroatoms. The number of hydrogen-bond donors (Lipinski definition) is 1. The van der Waals surface area contributed by atoms with E-state index in [2.05, 4.69) is 22.1 Å². The van der Waals surface area contributed by atoms with Crippen molar-refractivity contribution in [2.24, 2.45) is 10.9 Å². The van der Waals surface area contributed by atoms with Crippen LogP contribution in [0.4, 0.5) is 0 Å². The van der Waals surface area contributed by atoms with Crippen LogP contribution in [0.3, 0.4) is 0 Å². The number of methoxy groups -OCH3 is 1. The second-order valence-corrected chi connectivity index (χ2v) is 7.01. The number of guanidine groups is 1. The molecule has 0 saturated carbocycles. The maximum absolute atomic E-state index is 5.68. The van der Waals surface area contributed by atoms with Gasteiger partial charge in [-0.2, -0.15) is 0 Å². The molecule has 0 bridgehead atoms. The summed E-state index contributed by atoms with van der Waals surface area (Å²) >= 11 is 0. The molecule has 0 aliphatic carbocycles. The predicted octanol–water partition coefficient (Wildman–Crippen LogP) is 2.32. The quantitative estimate of drug-likeness (QED) is 0.383. The molecule has 1 aliphatic rings. The number of aliphatic imine (C=N–C) groups is 1. The monoisotopic (exact) mass is 378 g/mol. The maximum Gasteiger partial charge on any atom is 0.213 e. The van der Waals surface area contributed by atoms with Gasteiger partial charge in [-0.3, -0.25) is 0 Å². The first-order valence-corrected chi connectivity index (χ1v) is 9.83. The first kappa shape index (κ1) is 21.4. The molecule has 1 atom stereocenters. The van der Waals surface area contributed by atoms with Crippen molar-refractivity contribution < 1.29 is 14.2 Å². The molecule has 1 aromatic heterocycles. The maximum atomic E-state index is 5.68. The van der Waals surface area contributed by atoms with E-state index >= 15 is 0 Å². The average Bonchev–Trinajstić information content (AvgIpc) is 3.12. The Morgan fingerprint density at radius 2 is 2.22 bits per heavy atom. The van der Waals surface area contributed by atoms with Gasteiger partial charge in [0.25, 0.3) is 0 Å². The van der Waals surface area contributed by atoms with Crippen molar-refractivity contribution in [3.63, 3.8) is 0 Å². The van der Waals surface area contributed by atoms with Gasteiger partial charge in [0.05, 0.1) is 32.5 Å². The number of hydrogen-bond acceptors (Lipinski definition) is 5. The van der Waals surface area contributed by atoms with Crippen molar-refractivity contribution in [2.45, 2.75) is 39.8 Å². The second-order valence-electron chi connectivity index (χ2n) is 7.01. The van der Waals surface area contributed by atoms with Gasteiger partial charge in [-0.15, -0.1) is 0 Å². The molecule has 0 radical (unpaired) electrons. The van der Waals surface area contributed by atoms with Gasteiger partial charge in [-0.05, 0) is 32.8 Å². The molecule has 1 fully saturated rings. The van der Waals surface area contributed by atoms with E-state index in [1.165, 1.54) is 0 Å². The highest BCUT2D eigenvalue weighted by atomic mass is 16.5. The summed E-state index contributed by atoms with van der Waals surface area (Å²) in [6.07, 6.45) is 3.09. The first-order valence-electron chi connectivity index (χ1n) is 9.83. The van der Waals surface area contributed by atoms with Crippen molar-refractivity contribution in [3.8, 4) is 5.88 Å². The third-order valence-electron chi connectivity index (χ3n) is 4.27. The lowest BCUT2D eigenvalue weighted by Crippen LogP contribution is -2.40. The molecule has 1 saturated heterocycles. The predicted molar refractivity (Wildman–Crippen MR) is 107 cm³/mol. The lowest BCUT2D eigenvalue weighted by molar-refractivity contribution is 0.0536. The van der Waals surface area contributed by atoms with E-state index in [-0.39, 0.29) is 6.10 Å². The molecule has 7 nitrogen and oxygen atoms in total. The molecule has 0 spiro atoms. The Balaban J connectivity index is 1.86. The van der Waals surface area contributed by atoms with Crippen LogP contribution in [0, 0.1) is 5.92 Å². The fourth-order valence-electron chi connectivity index (χ4n) is 2.96. The summed E-state index contributed by atoms with van der Waals surface area (Å²) in [7, 11) is 1.69. The molecule has 152 valence electrons. The zero-order chi connectivity index (χ0) is 19.5. The highest BCUT2D eigenvalue weighted by Gasteiger charge is 2.24. The Hall–Kier alpha value is -1.86. The molecular weight excluding hydrogens is 344 g/mol. The van der Waals surface area contributed by atoms with Gasteiger partial charge in [-0.1, -0.05) is 6.07 Å². The fourth-order valence-corrected chi connectivity index (χ4v) is 2.96. The van der Waals surface area contributed by atoms with Crippen molar-refractivity contribution >= 4 is 5.96 Å². The summed E-state index contributed by atoms with van der Waals surface area (Å²) in [6.45, 7) is 11.6. The van der Waals surface area contributed by atoms with Crippen LogP contribution < -0.4 is 10.1 Å². The zero-order valence-electron chi connectivity index (χ0n) is 17.1. The SMILES string of the molecule is CCNC(=NCc1ccc(OC(C)C)nc1)N1CCC(COCCOC)C1. The number of nitrogens with zero attached hydrogens (tertiary/aromatic N) is 3. The number of likely N-dealkylation sites (tertiary alicyclic amines) is 1. The van der Waals surface area contributed by atoms with Gasteiger partial charge in [0.1, 0.15) is 0 Å². The smallest absolute Gasteiger partial charge is 0.213 e. The molecule has 1 N–H and O–H groups in total. The van der Waals surface area contributed by atoms with Gasteiger partial charge in [0, 0.05) is 44.9 Å². The molecule has 2 rings (SSSR count). The van der Waals surface area contributed by atoms with E-state index in [0.29, 0.717) is 31.6 Å². The van der Waals surface area contributed by atoms with Gasteiger partial charge in [0.2, 0.25) is 5.88 Å². The van der Waals surface area contributed by atoms with Gasteiger partial charge in [-0.25, -0.2) is 9.98 Å². The number of rotatable bonds is 10. The molecule has 2 heterocycles. The van der Waals surface area contributed by atoms with Crippen LogP contribution in [-0.4, -0.2) is 68.5 Å². The van der Waals surface area contributed by atoms with Gasteiger partial charge < -0.3 is 24.4 Å². The molecule has 0 amide bonds. The zero-order valence-corrected chi connectivity index (χ0v) is 17.1. The van der Waals surface area contributed by atoms with Crippen LogP contribution in [-0.2, 0) is 16.0 Å². The van der Waals surface area contributed by atoms with E-state index in [9.17, 15) is 0 Å². The minimum atomic E-state index is 0.128. The van der Waals surface area contributed by atoms with Crippen molar-refractivity contribution in [1.82, 2.24) is 15.2 Å². The molecule has 1 aromatic rings. The molecule has 1 aliphatic heterocycles. The van der Waals surface area contributed by atoms with Crippen molar-refractivity contribution in [1.29, 1.82) is 0 Å². The van der Waals surface area contributed by atoms with Crippen molar-refractivity contribution in [3.05, 3.63) is 23.9 Å². The summed E-state index contributed by atoms with van der Waals surface area (Å²) < 4.78 is 16.3. The average molecular weight is 379 g/mol. The lowest BCUT2D eigenvalue weighted by atomic mass is 10.1. The summed E-state index contributed by atoms with van der Waals surface area (Å²) in [5.41, 5.74) is 1.07. The third-order valence-corrected chi connectivity index (χ3v) is 4.27. The van der Waals surface area contributed by atoms with E-state index in [1.54, 1.807) is 7.11 Å². The van der Waals surface area contributed by atoms with Crippen LogP contribution in [0.1, 0.15) is 32.8 Å². The van der Waals surface area contributed by atoms with Gasteiger partial charge >= 0.3 is 0 Å². The standard InChI is InChI=1S/C20H34N4O3/c1-5-21-20(24-9-8-18(14-24)15-26-11-10-25-4)23-13-17-6-7-19(22-12-17)27-16(2)3/h6-7,12,16,18H,5,8-11,13-15H2,1-4H3,(H,21,23). The normalized spacial score (nSPS) is 17.6. The Morgan fingerprint density at radius 3 is 2.89 bits per heavy atom. The Kier molecular flexibility index (Phi) is 9.35.